The fraction of sp³-hybridized carbons (Fsp3) is 0.273. The number of benzene rings is 1. The first kappa shape index (κ1) is 12.4. The van der Waals surface area contributed by atoms with Gasteiger partial charge in [0.05, 0.1) is 0 Å². The summed E-state index contributed by atoms with van der Waals surface area (Å²) in [6.07, 6.45) is 1.34. The Hall–Kier alpha value is -2.02. The number of aromatic nitrogens is 3. The quantitative estimate of drug-likeness (QED) is 0.888. The summed E-state index contributed by atoms with van der Waals surface area (Å²) in [6, 6.07) is 2.30. The molecule has 0 saturated carbocycles. The van der Waals surface area contributed by atoms with Crippen molar-refractivity contribution in [3.8, 4) is 5.75 Å². The second-order valence-corrected chi connectivity index (χ2v) is 3.68. The Morgan fingerprint density at radius 3 is 2.50 bits per heavy atom. The van der Waals surface area contributed by atoms with Gasteiger partial charge in [-0.25, -0.2) is 13.8 Å². The summed E-state index contributed by atoms with van der Waals surface area (Å²) in [4.78, 5) is 3.89. The molecule has 0 saturated heterocycles. The van der Waals surface area contributed by atoms with Crippen LogP contribution in [0.15, 0.2) is 18.5 Å². The van der Waals surface area contributed by atoms with Crippen molar-refractivity contribution < 1.29 is 13.5 Å². The smallest absolute Gasteiger partial charge is 0.191 e. The molecule has 0 bridgehead atoms. The lowest BCUT2D eigenvalue weighted by Crippen LogP contribution is -2.07. The van der Waals surface area contributed by atoms with Crippen LogP contribution in [-0.4, -0.2) is 14.8 Å². The van der Waals surface area contributed by atoms with Crippen LogP contribution in [0.4, 0.5) is 8.78 Å². The molecule has 0 aliphatic heterocycles. The highest BCUT2D eigenvalue weighted by molar-refractivity contribution is 5.31. The summed E-state index contributed by atoms with van der Waals surface area (Å²) in [5.74, 6) is -1.53. The highest BCUT2D eigenvalue weighted by atomic mass is 19.1. The molecule has 0 aliphatic carbocycles. The number of ether oxygens (including phenoxy) is 1. The SMILES string of the molecule is Cn1ncnc1COc1c(F)cc(CN)cc1F. The van der Waals surface area contributed by atoms with Crippen LogP contribution in [-0.2, 0) is 20.2 Å². The largest absolute Gasteiger partial charge is 0.479 e. The van der Waals surface area contributed by atoms with E-state index in [0.29, 0.717) is 11.4 Å². The topological polar surface area (TPSA) is 66.0 Å². The Balaban J connectivity index is 2.17. The van der Waals surface area contributed by atoms with Gasteiger partial charge < -0.3 is 10.5 Å². The van der Waals surface area contributed by atoms with Crippen molar-refractivity contribution in [1.29, 1.82) is 0 Å². The van der Waals surface area contributed by atoms with Crippen LogP contribution >= 0.6 is 0 Å². The maximum absolute atomic E-state index is 13.6. The van der Waals surface area contributed by atoms with E-state index in [1.165, 1.54) is 11.0 Å². The van der Waals surface area contributed by atoms with Gasteiger partial charge in [-0.3, -0.25) is 4.68 Å². The normalized spacial score (nSPS) is 10.7. The van der Waals surface area contributed by atoms with Crippen molar-refractivity contribution in [2.45, 2.75) is 13.2 Å². The molecular formula is C11H12F2N4O. The first-order valence-electron chi connectivity index (χ1n) is 5.25. The molecule has 0 unspecified atom stereocenters. The summed E-state index contributed by atoms with van der Waals surface area (Å²) < 4.78 is 33.7. The van der Waals surface area contributed by atoms with E-state index in [-0.39, 0.29) is 13.2 Å². The van der Waals surface area contributed by atoms with E-state index in [1.807, 2.05) is 0 Å². The van der Waals surface area contributed by atoms with Gasteiger partial charge in [0.25, 0.3) is 0 Å². The molecule has 0 atom stereocenters. The van der Waals surface area contributed by atoms with Gasteiger partial charge in [0.1, 0.15) is 12.9 Å². The molecular weight excluding hydrogens is 242 g/mol. The maximum Gasteiger partial charge on any atom is 0.191 e. The predicted molar refractivity (Wildman–Crippen MR) is 59.6 cm³/mol. The van der Waals surface area contributed by atoms with Gasteiger partial charge in [-0.2, -0.15) is 5.10 Å². The molecule has 0 amide bonds. The average molecular weight is 254 g/mol. The summed E-state index contributed by atoms with van der Waals surface area (Å²) in [7, 11) is 1.66. The standard InChI is InChI=1S/C11H12F2N4O/c1-17-10(15-6-16-17)5-18-11-8(12)2-7(4-14)3-9(11)13/h2-3,6H,4-5,14H2,1H3. The van der Waals surface area contributed by atoms with Gasteiger partial charge >= 0.3 is 0 Å². The molecule has 0 spiro atoms. The van der Waals surface area contributed by atoms with E-state index in [1.54, 1.807) is 7.05 Å². The van der Waals surface area contributed by atoms with E-state index in [9.17, 15) is 8.78 Å². The third-order valence-corrected chi connectivity index (χ3v) is 2.44. The predicted octanol–water partition coefficient (Wildman–Crippen LogP) is 1.13. The van der Waals surface area contributed by atoms with Crippen molar-refractivity contribution in [1.82, 2.24) is 14.8 Å². The van der Waals surface area contributed by atoms with Crippen LogP contribution in [0.2, 0.25) is 0 Å². The molecule has 1 aromatic heterocycles. The van der Waals surface area contributed by atoms with Gasteiger partial charge in [-0.15, -0.1) is 0 Å². The average Bonchev–Trinajstić information content (AvgIpc) is 2.73. The van der Waals surface area contributed by atoms with Gasteiger partial charge in [-0.05, 0) is 17.7 Å². The number of nitrogens with two attached hydrogens (primary N) is 1. The Morgan fingerprint density at radius 1 is 1.33 bits per heavy atom. The third kappa shape index (κ3) is 2.45. The maximum atomic E-state index is 13.6. The highest BCUT2D eigenvalue weighted by Gasteiger charge is 2.13. The minimum Gasteiger partial charge on any atom is -0.479 e. The molecule has 1 heterocycles. The second-order valence-electron chi connectivity index (χ2n) is 3.68. The van der Waals surface area contributed by atoms with Crippen LogP contribution < -0.4 is 10.5 Å². The van der Waals surface area contributed by atoms with Crippen LogP contribution in [0.1, 0.15) is 11.4 Å². The molecule has 0 radical (unpaired) electrons. The number of nitrogens with zero attached hydrogens (tertiary/aromatic N) is 3. The Kier molecular flexibility index (Phi) is 3.52. The van der Waals surface area contributed by atoms with Gasteiger partial charge in [0.2, 0.25) is 0 Å². The number of rotatable bonds is 4. The lowest BCUT2D eigenvalue weighted by atomic mass is 10.2. The fourth-order valence-electron chi connectivity index (χ4n) is 1.46. The van der Waals surface area contributed by atoms with E-state index in [4.69, 9.17) is 10.5 Å². The van der Waals surface area contributed by atoms with Crippen LogP contribution in [0.5, 0.6) is 5.75 Å². The lowest BCUT2D eigenvalue weighted by molar-refractivity contribution is 0.261. The second kappa shape index (κ2) is 5.09. The molecule has 96 valence electrons. The Bertz CT molecular complexity index is 533. The molecule has 2 rings (SSSR count). The molecule has 2 aromatic rings. The number of hydrogen-bond donors (Lipinski definition) is 1. The van der Waals surface area contributed by atoms with Crippen molar-refractivity contribution in [3.05, 3.63) is 41.5 Å². The van der Waals surface area contributed by atoms with E-state index < -0.39 is 17.4 Å². The summed E-state index contributed by atoms with van der Waals surface area (Å²) in [6.45, 7) is 0.00369. The fourth-order valence-corrected chi connectivity index (χ4v) is 1.46. The van der Waals surface area contributed by atoms with Crippen LogP contribution in [0.25, 0.3) is 0 Å². The first-order valence-corrected chi connectivity index (χ1v) is 5.25. The molecule has 2 N–H and O–H groups in total. The number of hydrogen-bond acceptors (Lipinski definition) is 4. The van der Waals surface area contributed by atoms with E-state index in [2.05, 4.69) is 10.1 Å². The molecule has 1 aromatic carbocycles. The third-order valence-electron chi connectivity index (χ3n) is 2.44. The van der Waals surface area contributed by atoms with Gasteiger partial charge in [-0.1, -0.05) is 0 Å². The highest BCUT2D eigenvalue weighted by Crippen LogP contribution is 2.23. The van der Waals surface area contributed by atoms with Crippen LogP contribution in [0, 0.1) is 11.6 Å². The molecule has 0 aliphatic rings. The number of aryl methyl sites for hydroxylation is 1. The minimum atomic E-state index is -0.780. The zero-order valence-corrected chi connectivity index (χ0v) is 9.73. The van der Waals surface area contributed by atoms with Crippen molar-refractivity contribution in [2.24, 2.45) is 12.8 Å². The minimum absolute atomic E-state index is 0.0632. The van der Waals surface area contributed by atoms with Crippen molar-refractivity contribution in [3.63, 3.8) is 0 Å². The zero-order valence-electron chi connectivity index (χ0n) is 9.73. The summed E-state index contributed by atoms with van der Waals surface area (Å²) in [5, 5.41) is 3.82. The molecule has 18 heavy (non-hydrogen) atoms. The molecule has 0 fully saturated rings. The van der Waals surface area contributed by atoms with Crippen LogP contribution in [0.3, 0.4) is 0 Å². The van der Waals surface area contributed by atoms with Crippen molar-refractivity contribution in [2.75, 3.05) is 0 Å². The molecule has 5 nitrogen and oxygen atoms in total. The number of halogens is 2. The Labute approximate surface area is 102 Å². The summed E-state index contributed by atoms with van der Waals surface area (Å²) >= 11 is 0. The van der Waals surface area contributed by atoms with Gasteiger partial charge in [0.15, 0.2) is 23.2 Å². The molecule has 7 heteroatoms. The summed E-state index contributed by atoms with van der Waals surface area (Å²) in [5.41, 5.74) is 5.68. The zero-order chi connectivity index (χ0) is 13.1. The Morgan fingerprint density at radius 2 is 2.00 bits per heavy atom. The lowest BCUT2D eigenvalue weighted by Gasteiger charge is -2.09. The van der Waals surface area contributed by atoms with E-state index >= 15 is 0 Å². The van der Waals surface area contributed by atoms with Gasteiger partial charge in [0, 0.05) is 13.6 Å². The van der Waals surface area contributed by atoms with Crippen molar-refractivity contribution >= 4 is 0 Å². The van der Waals surface area contributed by atoms with E-state index in [0.717, 1.165) is 12.1 Å². The first-order chi connectivity index (χ1) is 8.61. The monoisotopic (exact) mass is 254 g/mol.